The van der Waals surface area contributed by atoms with Gasteiger partial charge in [-0.2, -0.15) is 0 Å². The van der Waals surface area contributed by atoms with Crippen LogP contribution < -0.4 is 15.8 Å². The zero-order valence-electron chi connectivity index (χ0n) is 7.76. The van der Waals surface area contributed by atoms with E-state index in [0.29, 0.717) is 0 Å². The van der Waals surface area contributed by atoms with Crippen molar-refractivity contribution in [1.29, 1.82) is 0 Å². The summed E-state index contributed by atoms with van der Waals surface area (Å²) < 4.78 is 5.16. The van der Waals surface area contributed by atoms with Crippen molar-refractivity contribution in [2.24, 2.45) is 0 Å². The molecule has 0 radical (unpaired) electrons. The molecule has 0 unspecified atom stereocenters. The van der Waals surface area contributed by atoms with E-state index in [9.17, 15) is 0 Å². The topological polar surface area (TPSA) is 47.3 Å². The van der Waals surface area contributed by atoms with Crippen molar-refractivity contribution >= 4 is 11.4 Å². The standard InChI is InChI=1S/C10H14N2O/c1-13-9-5-4-8-7(10(9)11)3-2-6-12-8/h4-5,12H,2-3,6,11H2,1H3. The van der Waals surface area contributed by atoms with E-state index in [1.54, 1.807) is 7.11 Å². The highest BCUT2D eigenvalue weighted by molar-refractivity contribution is 5.70. The second-order valence-corrected chi connectivity index (χ2v) is 3.24. The number of nitrogens with two attached hydrogens (primary N) is 1. The number of rotatable bonds is 1. The fraction of sp³-hybridized carbons (Fsp3) is 0.400. The molecule has 13 heavy (non-hydrogen) atoms. The number of methoxy groups -OCH3 is 1. The van der Waals surface area contributed by atoms with Gasteiger partial charge in [0.2, 0.25) is 0 Å². The van der Waals surface area contributed by atoms with Gasteiger partial charge in [0, 0.05) is 17.8 Å². The normalized spacial score (nSPS) is 14.5. The second-order valence-electron chi connectivity index (χ2n) is 3.24. The molecule has 1 aliphatic heterocycles. The van der Waals surface area contributed by atoms with Gasteiger partial charge in [-0.25, -0.2) is 0 Å². The number of nitrogens with one attached hydrogen (secondary N) is 1. The maximum atomic E-state index is 5.95. The van der Waals surface area contributed by atoms with Crippen LogP contribution in [0, 0.1) is 0 Å². The minimum Gasteiger partial charge on any atom is -0.495 e. The highest BCUT2D eigenvalue weighted by Gasteiger charge is 2.13. The molecular weight excluding hydrogens is 164 g/mol. The second kappa shape index (κ2) is 3.17. The molecule has 0 bridgehead atoms. The molecule has 3 heteroatoms. The Morgan fingerprint density at radius 1 is 1.46 bits per heavy atom. The van der Waals surface area contributed by atoms with Crippen molar-refractivity contribution in [3.8, 4) is 5.75 Å². The fourth-order valence-corrected chi connectivity index (χ4v) is 1.74. The van der Waals surface area contributed by atoms with Crippen LogP contribution in [0.2, 0.25) is 0 Å². The van der Waals surface area contributed by atoms with Gasteiger partial charge in [0.05, 0.1) is 12.8 Å². The molecule has 0 amide bonds. The smallest absolute Gasteiger partial charge is 0.142 e. The maximum Gasteiger partial charge on any atom is 0.142 e. The highest BCUT2D eigenvalue weighted by atomic mass is 16.5. The third-order valence-electron chi connectivity index (χ3n) is 2.46. The summed E-state index contributed by atoms with van der Waals surface area (Å²) in [4.78, 5) is 0. The lowest BCUT2D eigenvalue weighted by Crippen LogP contribution is -2.13. The van der Waals surface area contributed by atoms with Gasteiger partial charge in [-0.05, 0) is 25.0 Å². The van der Waals surface area contributed by atoms with Gasteiger partial charge in [0.25, 0.3) is 0 Å². The van der Waals surface area contributed by atoms with Gasteiger partial charge in [0.1, 0.15) is 5.75 Å². The largest absolute Gasteiger partial charge is 0.495 e. The van der Waals surface area contributed by atoms with E-state index < -0.39 is 0 Å². The number of fused-ring (bicyclic) bond motifs is 1. The Kier molecular flexibility index (Phi) is 2.00. The molecule has 70 valence electrons. The first-order valence-electron chi connectivity index (χ1n) is 4.52. The van der Waals surface area contributed by atoms with Crippen LogP contribution in [0.3, 0.4) is 0 Å². The molecule has 2 rings (SSSR count). The summed E-state index contributed by atoms with van der Waals surface area (Å²) in [6.07, 6.45) is 2.19. The third-order valence-corrected chi connectivity index (χ3v) is 2.46. The Labute approximate surface area is 77.9 Å². The molecule has 0 spiro atoms. The van der Waals surface area contributed by atoms with E-state index in [2.05, 4.69) is 5.32 Å². The number of hydrogen-bond acceptors (Lipinski definition) is 3. The highest BCUT2D eigenvalue weighted by Crippen LogP contribution is 2.33. The number of ether oxygens (including phenoxy) is 1. The summed E-state index contributed by atoms with van der Waals surface area (Å²) in [5.74, 6) is 0.780. The summed E-state index contributed by atoms with van der Waals surface area (Å²) in [5.41, 5.74) is 9.09. The van der Waals surface area contributed by atoms with E-state index >= 15 is 0 Å². The van der Waals surface area contributed by atoms with Gasteiger partial charge < -0.3 is 15.8 Å². The van der Waals surface area contributed by atoms with Crippen molar-refractivity contribution in [3.63, 3.8) is 0 Å². The number of nitrogen functional groups attached to an aromatic ring is 1. The van der Waals surface area contributed by atoms with E-state index in [4.69, 9.17) is 10.5 Å². The summed E-state index contributed by atoms with van der Waals surface area (Å²) >= 11 is 0. The molecule has 0 saturated carbocycles. The lowest BCUT2D eigenvalue weighted by molar-refractivity contribution is 0.416. The fourth-order valence-electron chi connectivity index (χ4n) is 1.74. The average Bonchev–Trinajstić information content (AvgIpc) is 2.19. The predicted octanol–water partition coefficient (Wildman–Crippen LogP) is 1.64. The Hall–Kier alpha value is -1.38. The first-order chi connectivity index (χ1) is 6.33. The molecule has 1 aliphatic rings. The van der Waals surface area contributed by atoms with Crippen LogP contribution in [-0.2, 0) is 6.42 Å². The van der Waals surface area contributed by atoms with E-state index in [1.807, 2.05) is 12.1 Å². The van der Waals surface area contributed by atoms with Crippen LogP contribution in [0.25, 0.3) is 0 Å². The first-order valence-corrected chi connectivity index (χ1v) is 4.52. The SMILES string of the molecule is COc1ccc2c(c1N)CCCN2. The van der Waals surface area contributed by atoms with E-state index in [-0.39, 0.29) is 0 Å². The zero-order valence-corrected chi connectivity index (χ0v) is 7.76. The Morgan fingerprint density at radius 2 is 2.31 bits per heavy atom. The van der Waals surface area contributed by atoms with E-state index in [0.717, 1.165) is 36.5 Å². The Morgan fingerprint density at radius 3 is 3.08 bits per heavy atom. The first kappa shape index (κ1) is 8.23. The molecule has 1 aromatic carbocycles. The molecule has 0 aliphatic carbocycles. The average molecular weight is 178 g/mol. The zero-order chi connectivity index (χ0) is 9.26. The minimum absolute atomic E-state index is 0.780. The Balaban J connectivity index is 2.48. The van der Waals surface area contributed by atoms with Crippen molar-refractivity contribution in [3.05, 3.63) is 17.7 Å². The van der Waals surface area contributed by atoms with Crippen molar-refractivity contribution < 1.29 is 4.74 Å². The van der Waals surface area contributed by atoms with Gasteiger partial charge in [0.15, 0.2) is 0 Å². The van der Waals surface area contributed by atoms with Crippen molar-refractivity contribution in [1.82, 2.24) is 0 Å². The molecule has 0 atom stereocenters. The van der Waals surface area contributed by atoms with Gasteiger partial charge >= 0.3 is 0 Å². The van der Waals surface area contributed by atoms with Crippen LogP contribution in [0.1, 0.15) is 12.0 Å². The minimum atomic E-state index is 0.780. The summed E-state index contributed by atoms with van der Waals surface area (Å²) in [5, 5.41) is 3.32. The van der Waals surface area contributed by atoms with Crippen LogP contribution in [0.15, 0.2) is 12.1 Å². The van der Waals surface area contributed by atoms with Crippen molar-refractivity contribution in [2.75, 3.05) is 24.7 Å². The quantitative estimate of drug-likeness (QED) is 0.642. The summed E-state index contributed by atoms with van der Waals surface area (Å²) in [6.45, 7) is 1.04. The Bertz CT molecular complexity index is 323. The molecule has 0 saturated heterocycles. The number of benzene rings is 1. The van der Waals surface area contributed by atoms with Crippen molar-refractivity contribution in [2.45, 2.75) is 12.8 Å². The third kappa shape index (κ3) is 1.30. The maximum absolute atomic E-state index is 5.95. The van der Waals surface area contributed by atoms with Crippen LogP contribution in [0.4, 0.5) is 11.4 Å². The van der Waals surface area contributed by atoms with Crippen LogP contribution in [-0.4, -0.2) is 13.7 Å². The van der Waals surface area contributed by atoms with Gasteiger partial charge in [-0.3, -0.25) is 0 Å². The van der Waals surface area contributed by atoms with Gasteiger partial charge in [-0.1, -0.05) is 0 Å². The van der Waals surface area contributed by atoms with Gasteiger partial charge in [-0.15, -0.1) is 0 Å². The lowest BCUT2D eigenvalue weighted by Gasteiger charge is -2.20. The molecule has 0 fully saturated rings. The summed E-state index contributed by atoms with van der Waals surface area (Å²) in [7, 11) is 1.65. The molecule has 3 N–H and O–H groups in total. The predicted molar refractivity (Wildman–Crippen MR) is 54.2 cm³/mol. The van der Waals surface area contributed by atoms with Crippen LogP contribution >= 0.6 is 0 Å². The molecule has 1 aromatic rings. The summed E-state index contributed by atoms with van der Waals surface area (Å²) in [6, 6.07) is 3.94. The molecular formula is C10H14N2O. The van der Waals surface area contributed by atoms with Crippen LogP contribution in [0.5, 0.6) is 5.75 Å². The molecule has 1 heterocycles. The monoisotopic (exact) mass is 178 g/mol. The lowest BCUT2D eigenvalue weighted by atomic mass is 10.0. The molecule has 3 nitrogen and oxygen atoms in total. The number of hydrogen-bond donors (Lipinski definition) is 2. The number of anilines is 2. The molecule has 0 aromatic heterocycles. The van der Waals surface area contributed by atoms with E-state index in [1.165, 1.54) is 5.56 Å².